The number of rotatable bonds is 6. The smallest absolute Gasteiger partial charge is 0.252 e. The molecule has 0 aromatic heterocycles. The Labute approximate surface area is 197 Å². The lowest BCUT2D eigenvalue weighted by atomic mass is 9.98. The molecule has 34 heavy (non-hydrogen) atoms. The summed E-state index contributed by atoms with van der Waals surface area (Å²) in [5.74, 6) is -3.31. The largest absolute Gasteiger partial charge is 0.345 e. The Hall–Kier alpha value is -2.57. The molecule has 186 valence electrons. The standard InChI is InChI=1S/C23H31N3O8/c1-12(19(28)26-13-9-7-6-8-10-13)25-14(27)11-24-20(29)17-15-16(32-22(2,3)31-15)18-21(30-17)34-23(4,5)33-18/h6-10,12,15-18,21H,11H2,1-5H3,(H,24,29)(H,25,27)(H,26,28)/t12-,15+,16-,17-,18+,21+/m0/s1. The van der Waals surface area contributed by atoms with Gasteiger partial charge in [-0.3, -0.25) is 14.4 Å². The highest BCUT2D eigenvalue weighted by Gasteiger charge is 2.62. The second-order valence-electron chi connectivity index (χ2n) is 9.45. The Balaban J connectivity index is 1.32. The van der Waals surface area contributed by atoms with Crippen LogP contribution in [0.4, 0.5) is 5.69 Å². The predicted octanol–water partition coefficient (Wildman–Crippen LogP) is 0.643. The molecule has 1 aromatic rings. The van der Waals surface area contributed by atoms with Gasteiger partial charge in [-0.05, 0) is 46.8 Å². The molecule has 0 spiro atoms. The summed E-state index contributed by atoms with van der Waals surface area (Å²) in [6.45, 7) is 8.19. The van der Waals surface area contributed by atoms with Crippen LogP contribution in [-0.2, 0) is 38.1 Å². The number of fused-ring (bicyclic) bond motifs is 3. The normalized spacial score (nSPS) is 31.6. The van der Waals surface area contributed by atoms with E-state index in [-0.39, 0.29) is 12.5 Å². The van der Waals surface area contributed by atoms with Crippen molar-refractivity contribution in [1.29, 1.82) is 0 Å². The molecule has 3 saturated heterocycles. The van der Waals surface area contributed by atoms with E-state index in [1.165, 1.54) is 0 Å². The lowest BCUT2D eigenvalue weighted by Gasteiger charge is -2.36. The number of anilines is 1. The van der Waals surface area contributed by atoms with Gasteiger partial charge in [-0.1, -0.05) is 18.2 Å². The number of carbonyl (C=O) groups excluding carboxylic acids is 3. The molecule has 0 saturated carbocycles. The summed E-state index contributed by atoms with van der Waals surface area (Å²) in [5.41, 5.74) is 0.618. The van der Waals surface area contributed by atoms with E-state index in [4.69, 9.17) is 23.7 Å². The fourth-order valence-electron chi connectivity index (χ4n) is 4.22. The molecule has 3 heterocycles. The molecule has 11 heteroatoms. The molecule has 0 bridgehead atoms. The Bertz CT molecular complexity index is 937. The van der Waals surface area contributed by atoms with Crippen molar-refractivity contribution >= 4 is 23.4 Å². The Morgan fingerprint density at radius 1 is 0.912 bits per heavy atom. The first kappa shape index (κ1) is 24.6. The lowest BCUT2D eigenvalue weighted by molar-refractivity contribution is -0.231. The van der Waals surface area contributed by atoms with Gasteiger partial charge in [-0.2, -0.15) is 0 Å². The van der Waals surface area contributed by atoms with Crippen LogP contribution in [0.3, 0.4) is 0 Å². The Kier molecular flexibility index (Phi) is 6.67. The highest BCUT2D eigenvalue weighted by atomic mass is 16.9. The van der Waals surface area contributed by atoms with Gasteiger partial charge in [0.25, 0.3) is 5.91 Å². The fraction of sp³-hybridized carbons (Fsp3) is 0.609. The molecular formula is C23H31N3O8. The molecule has 3 aliphatic heterocycles. The number of nitrogens with one attached hydrogen (secondary N) is 3. The highest BCUT2D eigenvalue weighted by Crippen LogP contribution is 2.44. The van der Waals surface area contributed by atoms with Crippen molar-refractivity contribution in [2.45, 2.75) is 82.9 Å². The van der Waals surface area contributed by atoms with E-state index in [0.717, 1.165) is 0 Å². The van der Waals surface area contributed by atoms with Gasteiger partial charge >= 0.3 is 0 Å². The van der Waals surface area contributed by atoms with Crippen molar-refractivity contribution in [1.82, 2.24) is 10.6 Å². The number of para-hydroxylation sites is 1. The van der Waals surface area contributed by atoms with Gasteiger partial charge in [0, 0.05) is 5.69 Å². The molecule has 3 amide bonds. The zero-order valence-corrected chi connectivity index (χ0v) is 19.8. The van der Waals surface area contributed by atoms with Crippen LogP contribution in [0.1, 0.15) is 34.6 Å². The van der Waals surface area contributed by atoms with Gasteiger partial charge in [-0.15, -0.1) is 0 Å². The number of carbonyl (C=O) groups is 3. The van der Waals surface area contributed by atoms with Crippen LogP contribution in [0.15, 0.2) is 30.3 Å². The van der Waals surface area contributed by atoms with Gasteiger partial charge in [-0.25, -0.2) is 0 Å². The van der Waals surface area contributed by atoms with Crippen molar-refractivity contribution in [2.75, 3.05) is 11.9 Å². The Morgan fingerprint density at radius 2 is 1.53 bits per heavy atom. The van der Waals surface area contributed by atoms with Crippen LogP contribution in [0.2, 0.25) is 0 Å². The van der Waals surface area contributed by atoms with Crippen LogP contribution in [-0.4, -0.2) is 72.6 Å². The minimum absolute atomic E-state index is 0.347. The van der Waals surface area contributed by atoms with E-state index in [9.17, 15) is 14.4 Å². The molecule has 11 nitrogen and oxygen atoms in total. The zero-order chi connectivity index (χ0) is 24.7. The molecular weight excluding hydrogens is 446 g/mol. The van der Waals surface area contributed by atoms with Crippen LogP contribution in [0.25, 0.3) is 0 Å². The van der Waals surface area contributed by atoms with Crippen LogP contribution in [0, 0.1) is 0 Å². The summed E-state index contributed by atoms with van der Waals surface area (Å²) in [5, 5.41) is 7.81. The van der Waals surface area contributed by atoms with Crippen LogP contribution >= 0.6 is 0 Å². The van der Waals surface area contributed by atoms with E-state index in [0.29, 0.717) is 5.69 Å². The minimum Gasteiger partial charge on any atom is -0.345 e. The number of ether oxygens (including phenoxy) is 5. The molecule has 1 aromatic carbocycles. The third kappa shape index (κ3) is 5.39. The predicted molar refractivity (Wildman–Crippen MR) is 118 cm³/mol. The summed E-state index contributed by atoms with van der Waals surface area (Å²) in [7, 11) is 0. The zero-order valence-electron chi connectivity index (χ0n) is 19.8. The van der Waals surface area contributed by atoms with Gasteiger partial charge in [0.05, 0.1) is 6.54 Å². The first-order valence-electron chi connectivity index (χ1n) is 11.2. The lowest BCUT2D eigenvalue weighted by Crippen LogP contribution is -2.60. The van der Waals surface area contributed by atoms with E-state index in [2.05, 4.69) is 16.0 Å². The van der Waals surface area contributed by atoms with E-state index >= 15 is 0 Å². The Morgan fingerprint density at radius 3 is 2.24 bits per heavy atom. The second kappa shape index (κ2) is 9.23. The maximum absolute atomic E-state index is 12.9. The SMILES string of the molecule is C[C@H](NC(=O)CNC(=O)[C@H]1O[C@@H]2OC(C)(C)O[C@@H]2[C@H]2OC(C)(C)O[C@H]21)C(=O)Nc1ccccc1. The van der Waals surface area contributed by atoms with Crippen molar-refractivity contribution in [3.63, 3.8) is 0 Å². The van der Waals surface area contributed by atoms with E-state index in [1.807, 2.05) is 6.07 Å². The van der Waals surface area contributed by atoms with Crippen molar-refractivity contribution < 1.29 is 38.1 Å². The number of hydrogen-bond donors (Lipinski definition) is 3. The third-order valence-corrected chi connectivity index (χ3v) is 5.65. The van der Waals surface area contributed by atoms with Crippen molar-refractivity contribution in [2.24, 2.45) is 0 Å². The van der Waals surface area contributed by atoms with Gasteiger partial charge < -0.3 is 39.6 Å². The van der Waals surface area contributed by atoms with Gasteiger partial charge in [0.1, 0.15) is 24.4 Å². The average molecular weight is 478 g/mol. The maximum Gasteiger partial charge on any atom is 0.252 e. The number of amides is 3. The maximum atomic E-state index is 12.9. The number of benzene rings is 1. The number of hydrogen-bond acceptors (Lipinski definition) is 8. The topological polar surface area (TPSA) is 133 Å². The van der Waals surface area contributed by atoms with Crippen molar-refractivity contribution in [3.05, 3.63) is 30.3 Å². The first-order valence-corrected chi connectivity index (χ1v) is 11.2. The minimum atomic E-state index is -1.07. The summed E-state index contributed by atoms with van der Waals surface area (Å²) < 4.78 is 29.5. The molecule has 0 aliphatic carbocycles. The van der Waals surface area contributed by atoms with Gasteiger partial charge in [0.15, 0.2) is 24.0 Å². The van der Waals surface area contributed by atoms with Crippen LogP contribution in [0.5, 0.6) is 0 Å². The molecule has 3 N–H and O–H groups in total. The van der Waals surface area contributed by atoms with E-state index in [1.54, 1.807) is 58.9 Å². The average Bonchev–Trinajstić information content (AvgIpc) is 3.25. The third-order valence-electron chi connectivity index (χ3n) is 5.65. The molecule has 4 rings (SSSR count). The molecule has 3 fully saturated rings. The quantitative estimate of drug-likeness (QED) is 0.544. The monoisotopic (exact) mass is 477 g/mol. The van der Waals surface area contributed by atoms with Crippen LogP contribution < -0.4 is 16.0 Å². The van der Waals surface area contributed by atoms with Crippen molar-refractivity contribution in [3.8, 4) is 0 Å². The second-order valence-corrected chi connectivity index (χ2v) is 9.45. The first-order chi connectivity index (χ1) is 15.9. The molecule has 6 atom stereocenters. The molecule has 0 unspecified atom stereocenters. The summed E-state index contributed by atoms with van der Waals surface area (Å²) >= 11 is 0. The molecule has 0 radical (unpaired) electrons. The fourth-order valence-corrected chi connectivity index (χ4v) is 4.22. The van der Waals surface area contributed by atoms with Gasteiger partial charge in [0.2, 0.25) is 11.8 Å². The highest BCUT2D eigenvalue weighted by molar-refractivity contribution is 5.97. The summed E-state index contributed by atoms with van der Waals surface area (Å²) in [6, 6.07) is 8.09. The van der Waals surface area contributed by atoms with E-state index < -0.39 is 60.1 Å². The summed E-state index contributed by atoms with van der Waals surface area (Å²) in [6.07, 6.45) is -3.77. The molecule has 3 aliphatic rings. The summed E-state index contributed by atoms with van der Waals surface area (Å²) in [4.78, 5) is 37.6.